The van der Waals surface area contributed by atoms with Gasteiger partial charge in [-0.2, -0.15) is 0 Å². The zero-order valence-electron chi connectivity index (χ0n) is 32.0. The van der Waals surface area contributed by atoms with Crippen LogP contribution < -0.4 is 9.80 Å². The third kappa shape index (κ3) is 4.47. The minimum atomic E-state index is 0.453. The lowest BCUT2D eigenvalue weighted by atomic mass is 9.91. The fraction of sp³-hybridized carbons (Fsp3) is 0. The highest BCUT2D eigenvalue weighted by molar-refractivity contribution is 6.28. The topological polar surface area (TPSA) is 32.8 Å². The standard InChI is InChI=1S/C52H32N2O2/c1-3-13-35(14-4-1)53(45-21-11-19-39-37-17-7-9-23-47(37)55-51(39)45)43-31-27-33-26-30-42-44(32-28-34-25-29-41(43)49(33)50(34)42)54(36-15-5-2-6-16-36)46-22-12-20-40-38-18-8-10-24-48(38)56-52(40)46/h1-32H/i1D,2D. The lowest BCUT2D eigenvalue weighted by Gasteiger charge is -2.29. The van der Waals surface area contributed by atoms with Crippen LogP contribution in [0.1, 0.15) is 2.74 Å². The molecule has 0 N–H and O–H groups in total. The fourth-order valence-electron chi connectivity index (χ4n) is 8.85. The molecule has 12 aromatic rings. The van der Waals surface area contributed by atoms with Crippen LogP contribution in [0.25, 0.3) is 76.2 Å². The summed E-state index contributed by atoms with van der Waals surface area (Å²) in [5.74, 6) is 0. The summed E-state index contributed by atoms with van der Waals surface area (Å²) in [6.45, 7) is 0. The first-order chi connectivity index (χ1) is 28.6. The highest BCUT2D eigenvalue weighted by Gasteiger charge is 2.25. The summed E-state index contributed by atoms with van der Waals surface area (Å²) in [5, 5.41) is 11.1. The van der Waals surface area contributed by atoms with E-state index < -0.39 is 0 Å². The molecule has 0 spiro atoms. The first-order valence-corrected chi connectivity index (χ1v) is 18.8. The van der Waals surface area contributed by atoms with Crippen molar-refractivity contribution >= 4 is 110 Å². The summed E-state index contributed by atoms with van der Waals surface area (Å²) in [6.07, 6.45) is 0. The van der Waals surface area contributed by atoms with Crippen LogP contribution in [0.5, 0.6) is 0 Å². The van der Waals surface area contributed by atoms with Crippen molar-refractivity contribution in [3.8, 4) is 0 Å². The Kier molecular flexibility index (Phi) is 6.17. The lowest BCUT2D eigenvalue weighted by Crippen LogP contribution is -2.11. The fourth-order valence-corrected chi connectivity index (χ4v) is 8.85. The molecule has 4 heteroatoms. The third-order valence-corrected chi connectivity index (χ3v) is 11.3. The van der Waals surface area contributed by atoms with Crippen LogP contribution in [0, 0.1) is 0 Å². The largest absolute Gasteiger partial charge is 0.454 e. The molecule has 0 unspecified atom stereocenters. The molecule has 12 rings (SSSR count). The van der Waals surface area contributed by atoms with Crippen molar-refractivity contribution in [2.75, 3.05) is 9.80 Å². The van der Waals surface area contributed by atoms with Gasteiger partial charge in [-0.25, -0.2) is 0 Å². The number of rotatable bonds is 6. The number of para-hydroxylation sites is 6. The zero-order valence-corrected chi connectivity index (χ0v) is 30.0. The van der Waals surface area contributed by atoms with Crippen LogP contribution in [-0.2, 0) is 0 Å². The maximum absolute atomic E-state index is 8.33. The molecule has 0 bridgehead atoms. The number of hydrogen-bond donors (Lipinski definition) is 0. The Balaban J connectivity index is 1.13. The monoisotopic (exact) mass is 718 g/mol. The third-order valence-electron chi connectivity index (χ3n) is 11.3. The first kappa shape index (κ1) is 28.9. The average molecular weight is 719 g/mol. The minimum Gasteiger partial charge on any atom is -0.454 e. The molecule has 0 aliphatic heterocycles. The molecule has 0 saturated carbocycles. The summed E-state index contributed by atoms with van der Waals surface area (Å²) in [7, 11) is 0. The Bertz CT molecular complexity index is 3310. The van der Waals surface area contributed by atoms with E-state index in [0.717, 1.165) is 110 Å². The van der Waals surface area contributed by atoms with E-state index in [0.29, 0.717) is 12.1 Å². The van der Waals surface area contributed by atoms with Gasteiger partial charge in [0.2, 0.25) is 0 Å². The molecule has 10 aromatic carbocycles. The Morgan fingerprint density at radius 3 is 1.20 bits per heavy atom. The molecular weight excluding hydrogens is 685 g/mol. The van der Waals surface area contributed by atoms with E-state index in [-0.39, 0.29) is 0 Å². The summed E-state index contributed by atoms with van der Waals surface area (Å²) in [4.78, 5) is 4.54. The molecule has 262 valence electrons. The second-order valence-corrected chi connectivity index (χ2v) is 14.3. The molecular formula is C52H32N2O2. The van der Waals surface area contributed by atoms with Crippen molar-refractivity contribution in [1.82, 2.24) is 0 Å². The molecule has 0 aliphatic carbocycles. The SMILES string of the molecule is [2H]c1ccc(N(c2ccc3ccc4c(N(c5ccc([2H])cc5)c5cccc6c5oc5ccccc56)ccc5ccc2c3c54)c2cccc3c2oc2ccccc23)cc1. The van der Waals surface area contributed by atoms with Crippen molar-refractivity contribution in [2.45, 2.75) is 0 Å². The lowest BCUT2D eigenvalue weighted by molar-refractivity contribution is 0.669. The number of hydrogen-bond acceptors (Lipinski definition) is 4. The molecule has 4 nitrogen and oxygen atoms in total. The van der Waals surface area contributed by atoms with Crippen molar-refractivity contribution < 1.29 is 11.6 Å². The molecule has 0 radical (unpaired) electrons. The van der Waals surface area contributed by atoms with Gasteiger partial charge in [-0.3, -0.25) is 0 Å². The van der Waals surface area contributed by atoms with Gasteiger partial charge in [-0.05, 0) is 82.2 Å². The van der Waals surface area contributed by atoms with E-state index in [9.17, 15) is 0 Å². The Morgan fingerprint density at radius 1 is 0.321 bits per heavy atom. The maximum Gasteiger partial charge on any atom is 0.159 e. The molecule has 0 atom stereocenters. The normalized spacial score (nSPS) is 12.4. The first-order valence-electron chi connectivity index (χ1n) is 19.8. The van der Waals surface area contributed by atoms with Crippen molar-refractivity contribution in [2.24, 2.45) is 0 Å². The Hall–Kier alpha value is -7.56. The van der Waals surface area contributed by atoms with Gasteiger partial charge in [0, 0.05) is 43.7 Å². The quantitative estimate of drug-likeness (QED) is 0.160. The van der Waals surface area contributed by atoms with Gasteiger partial charge < -0.3 is 18.6 Å². The van der Waals surface area contributed by atoms with Crippen LogP contribution in [0.15, 0.2) is 203 Å². The van der Waals surface area contributed by atoms with Crippen LogP contribution >= 0.6 is 0 Å². The summed E-state index contributed by atoms with van der Waals surface area (Å²) in [6, 6.07) is 63.1. The van der Waals surface area contributed by atoms with Gasteiger partial charge in [0.25, 0.3) is 0 Å². The van der Waals surface area contributed by atoms with E-state index >= 15 is 0 Å². The summed E-state index contributed by atoms with van der Waals surface area (Å²) in [5.41, 5.74) is 9.02. The van der Waals surface area contributed by atoms with Gasteiger partial charge in [0.05, 0.1) is 25.5 Å². The number of benzene rings is 10. The second kappa shape index (κ2) is 12.0. The van der Waals surface area contributed by atoms with Gasteiger partial charge in [0.15, 0.2) is 11.2 Å². The number of nitrogens with zero attached hydrogens (tertiary/aromatic N) is 2. The van der Waals surface area contributed by atoms with Crippen molar-refractivity contribution in [3.63, 3.8) is 0 Å². The molecule has 0 aliphatic rings. The highest BCUT2D eigenvalue weighted by atomic mass is 16.3. The van der Waals surface area contributed by atoms with E-state index in [2.05, 4.69) is 107 Å². The number of fused-ring (bicyclic) bond motifs is 6. The van der Waals surface area contributed by atoms with Crippen LogP contribution in [0.2, 0.25) is 0 Å². The van der Waals surface area contributed by atoms with Crippen molar-refractivity contribution in [3.05, 3.63) is 194 Å². The summed E-state index contributed by atoms with van der Waals surface area (Å²) >= 11 is 0. The molecule has 2 heterocycles. The minimum absolute atomic E-state index is 0.453. The number of furan rings is 2. The second-order valence-electron chi connectivity index (χ2n) is 14.3. The van der Waals surface area contributed by atoms with Gasteiger partial charge in [0.1, 0.15) is 11.2 Å². The molecule has 0 fully saturated rings. The van der Waals surface area contributed by atoms with Crippen LogP contribution in [-0.4, -0.2) is 0 Å². The van der Waals surface area contributed by atoms with Crippen LogP contribution in [0.4, 0.5) is 34.1 Å². The average Bonchev–Trinajstić information content (AvgIpc) is 3.85. The van der Waals surface area contributed by atoms with Crippen LogP contribution in [0.3, 0.4) is 0 Å². The predicted octanol–water partition coefficient (Wildman–Crippen LogP) is 15.3. The van der Waals surface area contributed by atoms with E-state index in [4.69, 9.17) is 11.6 Å². The predicted molar refractivity (Wildman–Crippen MR) is 234 cm³/mol. The Labute approximate surface area is 324 Å². The Morgan fingerprint density at radius 2 is 0.732 bits per heavy atom. The van der Waals surface area contributed by atoms with Gasteiger partial charge in [-0.1, -0.05) is 133 Å². The molecule has 0 saturated heterocycles. The smallest absolute Gasteiger partial charge is 0.159 e. The van der Waals surface area contributed by atoms with E-state index in [1.807, 2.05) is 84.9 Å². The molecule has 56 heavy (non-hydrogen) atoms. The molecule has 2 aromatic heterocycles. The highest BCUT2D eigenvalue weighted by Crippen LogP contribution is 2.50. The maximum atomic E-state index is 8.33. The van der Waals surface area contributed by atoms with Gasteiger partial charge in [-0.15, -0.1) is 0 Å². The molecule has 0 amide bonds. The zero-order chi connectivity index (χ0) is 38.5. The van der Waals surface area contributed by atoms with E-state index in [1.54, 1.807) is 0 Å². The summed E-state index contributed by atoms with van der Waals surface area (Å²) < 4.78 is 29.9. The van der Waals surface area contributed by atoms with Crippen molar-refractivity contribution in [1.29, 1.82) is 0 Å². The van der Waals surface area contributed by atoms with Gasteiger partial charge >= 0.3 is 0 Å². The number of anilines is 6. The van der Waals surface area contributed by atoms with E-state index in [1.165, 1.54) is 0 Å².